The molecule has 0 radical (unpaired) electrons. The van der Waals surface area contributed by atoms with Crippen molar-refractivity contribution in [2.45, 2.75) is 17.7 Å². The van der Waals surface area contributed by atoms with Gasteiger partial charge < -0.3 is 14.4 Å². The summed E-state index contributed by atoms with van der Waals surface area (Å²) in [6, 6.07) is 12.5. The average molecular weight is 432 g/mol. The predicted octanol–water partition coefficient (Wildman–Crippen LogP) is 2.52. The maximum Gasteiger partial charge on any atom is 0.308 e. The van der Waals surface area contributed by atoms with Gasteiger partial charge in [0.1, 0.15) is 5.75 Å². The quantitative estimate of drug-likeness (QED) is 0.704. The molecule has 9 heteroatoms. The molecule has 30 heavy (non-hydrogen) atoms. The molecule has 1 N–H and O–H groups in total. The minimum atomic E-state index is -3.84. The van der Waals surface area contributed by atoms with Gasteiger partial charge in [-0.05, 0) is 49.2 Å². The van der Waals surface area contributed by atoms with Crippen LogP contribution < -0.4 is 9.46 Å². The minimum absolute atomic E-state index is 0.0364. The van der Waals surface area contributed by atoms with Crippen molar-refractivity contribution in [1.82, 2.24) is 4.90 Å². The zero-order chi connectivity index (χ0) is 21.7. The number of esters is 1. The lowest BCUT2D eigenvalue weighted by Crippen LogP contribution is -2.40. The third-order valence-corrected chi connectivity index (χ3v) is 6.46. The van der Waals surface area contributed by atoms with Crippen LogP contribution in [-0.4, -0.2) is 52.5 Å². The number of carbonyl (C=O) groups excluding carboxylic acids is 2. The van der Waals surface area contributed by atoms with Crippen molar-refractivity contribution in [3.63, 3.8) is 0 Å². The number of benzene rings is 2. The molecule has 0 unspecified atom stereocenters. The molecule has 1 saturated heterocycles. The molecule has 1 aliphatic heterocycles. The van der Waals surface area contributed by atoms with E-state index in [9.17, 15) is 18.0 Å². The van der Waals surface area contributed by atoms with Crippen molar-refractivity contribution in [3.8, 4) is 5.75 Å². The van der Waals surface area contributed by atoms with Crippen LogP contribution in [0.2, 0.25) is 0 Å². The first-order valence-electron chi connectivity index (χ1n) is 9.48. The van der Waals surface area contributed by atoms with Crippen LogP contribution in [-0.2, 0) is 19.6 Å². The van der Waals surface area contributed by atoms with E-state index in [2.05, 4.69) is 4.72 Å². The Kier molecular flexibility index (Phi) is 6.61. The Morgan fingerprint density at radius 1 is 1.00 bits per heavy atom. The molecule has 0 bridgehead atoms. The zero-order valence-electron chi connectivity index (χ0n) is 16.8. The fourth-order valence-electron chi connectivity index (χ4n) is 3.38. The second kappa shape index (κ2) is 9.17. The van der Waals surface area contributed by atoms with Crippen molar-refractivity contribution >= 4 is 27.6 Å². The maximum absolute atomic E-state index is 12.7. The summed E-state index contributed by atoms with van der Waals surface area (Å²) in [5.74, 6) is -0.227. The molecule has 160 valence electrons. The molecule has 3 rings (SSSR count). The van der Waals surface area contributed by atoms with Crippen LogP contribution in [0.1, 0.15) is 23.2 Å². The molecule has 0 atom stereocenters. The average Bonchev–Trinajstić information content (AvgIpc) is 2.78. The molecule has 8 nitrogen and oxygen atoms in total. The third-order valence-electron chi connectivity index (χ3n) is 5.08. The summed E-state index contributed by atoms with van der Waals surface area (Å²) in [7, 11) is -1.02. The van der Waals surface area contributed by atoms with Gasteiger partial charge in [-0.2, -0.15) is 0 Å². The fraction of sp³-hybridized carbons (Fsp3) is 0.333. The number of carbonyl (C=O) groups is 2. The number of methoxy groups -OCH3 is 2. The lowest BCUT2D eigenvalue weighted by atomic mass is 9.96. The Labute approximate surface area is 175 Å². The molecule has 1 amide bonds. The minimum Gasteiger partial charge on any atom is -0.495 e. The summed E-state index contributed by atoms with van der Waals surface area (Å²) in [4.78, 5) is 26.0. The standard InChI is InChI=1S/C21H24N2O6S/c1-28-19-6-4-3-5-18(19)22-30(26,27)17-9-7-15(8-10-17)20(24)23-13-11-16(12-14-23)21(25)29-2/h3-10,16,22H,11-14H2,1-2H3. The van der Waals surface area contributed by atoms with Crippen LogP contribution in [0.25, 0.3) is 0 Å². The van der Waals surface area contributed by atoms with E-state index < -0.39 is 10.0 Å². The lowest BCUT2D eigenvalue weighted by molar-refractivity contribution is -0.146. The summed E-state index contributed by atoms with van der Waals surface area (Å²) in [5.41, 5.74) is 0.719. The summed E-state index contributed by atoms with van der Waals surface area (Å²) in [6.07, 6.45) is 1.10. The molecular weight excluding hydrogens is 408 g/mol. The summed E-state index contributed by atoms with van der Waals surface area (Å²) in [6.45, 7) is 0.905. The van der Waals surface area contributed by atoms with Gasteiger partial charge in [-0.15, -0.1) is 0 Å². The predicted molar refractivity (Wildman–Crippen MR) is 111 cm³/mol. The van der Waals surface area contributed by atoms with Crippen molar-refractivity contribution < 1.29 is 27.5 Å². The molecule has 0 saturated carbocycles. The summed E-state index contributed by atoms with van der Waals surface area (Å²) >= 11 is 0. The van der Waals surface area contributed by atoms with Crippen LogP contribution >= 0.6 is 0 Å². The van der Waals surface area contributed by atoms with Gasteiger partial charge in [-0.1, -0.05) is 12.1 Å². The fourth-order valence-corrected chi connectivity index (χ4v) is 4.45. The second-order valence-corrected chi connectivity index (χ2v) is 8.60. The summed E-state index contributed by atoms with van der Waals surface area (Å²) in [5, 5.41) is 0. The highest BCUT2D eigenvalue weighted by molar-refractivity contribution is 7.92. The van der Waals surface area contributed by atoms with Crippen LogP contribution in [0.15, 0.2) is 53.4 Å². The second-order valence-electron chi connectivity index (χ2n) is 6.92. The largest absolute Gasteiger partial charge is 0.495 e. The molecule has 0 aliphatic carbocycles. The van der Waals surface area contributed by atoms with Crippen molar-refractivity contribution in [1.29, 1.82) is 0 Å². The molecule has 0 aromatic heterocycles. The number of hydrogen-bond acceptors (Lipinski definition) is 6. The van der Waals surface area contributed by atoms with Gasteiger partial charge in [0, 0.05) is 18.7 Å². The topological polar surface area (TPSA) is 102 Å². The first-order chi connectivity index (χ1) is 14.4. The Morgan fingerprint density at radius 3 is 2.23 bits per heavy atom. The van der Waals surface area contributed by atoms with Crippen LogP contribution in [0.3, 0.4) is 0 Å². The van der Waals surface area contributed by atoms with Crippen LogP contribution in [0, 0.1) is 5.92 Å². The third kappa shape index (κ3) is 4.73. The van der Waals surface area contributed by atoms with Crippen molar-refractivity contribution in [2.75, 3.05) is 32.0 Å². The molecule has 1 heterocycles. The molecule has 2 aromatic rings. The van der Waals surface area contributed by atoms with Gasteiger partial charge in [0.15, 0.2) is 0 Å². The van der Waals surface area contributed by atoms with E-state index in [4.69, 9.17) is 9.47 Å². The normalized spacial score (nSPS) is 14.8. The van der Waals surface area contributed by atoms with E-state index in [1.54, 1.807) is 29.2 Å². The van der Waals surface area contributed by atoms with Gasteiger partial charge in [0.2, 0.25) is 0 Å². The lowest BCUT2D eigenvalue weighted by Gasteiger charge is -2.30. The first-order valence-corrected chi connectivity index (χ1v) is 11.0. The number of rotatable bonds is 6. The number of sulfonamides is 1. The Morgan fingerprint density at radius 2 is 1.63 bits per heavy atom. The Balaban J connectivity index is 1.68. The number of anilines is 1. The molecule has 0 spiro atoms. The van der Waals surface area contributed by atoms with Gasteiger partial charge in [-0.3, -0.25) is 14.3 Å². The highest BCUT2D eigenvalue weighted by Gasteiger charge is 2.28. The first kappa shape index (κ1) is 21.6. The monoisotopic (exact) mass is 432 g/mol. The number of nitrogens with one attached hydrogen (secondary N) is 1. The van der Waals surface area contributed by atoms with Crippen LogP contribution in [0.4, 0.5) is 5.69 Å². The maximum atomic E-state index is 12.7. The van der Waals surface area contributed by atoms with E-state index in [0.717, 1.165) is 0 Å². The van der Waals surface area contributed by atoms with E-state index in [1.165, 1.54) is 38.5 Å². The molecule has 1 aliphatic rings. The van der Waals surface area contributed by atoms with Gasteiger partial charge >= 0.3 is 5.97 Å². The van der Waals surface area contributed by atoms with Gasteiger partial charge in [0.05, 0.1) is 30.7 Å². The highest BCUT2D eigenvalue weighted by atomic mass is 32.2. The zero-order valence-corrected chi connectivity index (χ0v) is 17.6. The number of hydrogen-bond donors (Lipinski definition) is 1. The SMILES string of the molecule is COC(=O)C1CCN(C(=O)c2ccc(S(=O)(=O)Nc3ccccc3OC)cc2)CC1. The van der Waals surface area contributed by atoms with Crippen molar-refractivity contribution in [2.24, 2.45) is 5.92 Å². The van der Waals surface area contributed by atoms with E-state index >= 15 is 0 Å². The number of piperidine rings is 1. The van der Waals surface area contributed by atoms with Crippen molar-refractivity contribution in [3.05, 3.63) is 54.1 Å². The van der Waals surface area contributed by atoms with E-state index in [-0.39, 0.29) is 22.7 Å². The molecular formula is C21H24N2O6S. The van der Waals surface area contributed by atoms with Crippen LogP contribution in [0.5, 0.6) is 5.75 Å². The summed E-state index contributed by atoms with van der Waals surface area (Å²) < 4.78 is 37.8. The van der Waals surface area contributed by atoms with E-state index in [1.807, 2.05) is 0 Å². The number of ether oxygens (including phenoxy) is 2. The van der Waals surface area contributed by atoms with Gasteiger partial charge in [0.25, 0.3) is 15.9 Å². The number of likely N-dealkylation sites (tertiary alicyclic amines) is 1. The van der Waals surface area contributed by atoms with E-state index in [0.29, 0.717) is 42.9 Å². The Hall–Kier alpha value is -3.07. The number of amides is 1. The molecule has 2 aromatic carbocycles. The number of nitrogens with zero attached hydrogens (tertiary/aromatic N) is 1. The Bertz CT molecular complexity index is 1010. The number of para-hydroxylation sites is 2. The highest BCUT2D eigenvalue weighted by Crippen LogP contribution is 2.26. The molecule has 1 fully saturated rings. The van der Waals surface area contributed by atoms with Gasteiger partial charge in [-0.25, -0.2) is 8.42 Å². The smallest absolute Gasteiger partial charge is 0.308 e.